The van der Waals surface area contributed by atoms with Crippen LogP contribution in [0.4, 0.5) is 0 Å². The van der Waals surface area contributed by atoms with Gasteiger partial charge in [0, 0.05) is 11.3 Å². The molecule has 0 radical (unpaired) electrons. The number of nitrogens with zero attached hydrogens (tertiary/aromatic N) is 4. The highest BCUT2D eigenvalue weighted by Crippen LogP contribution is 2.27. The lowest BCUT2D eigenvalue weighted by molar-refractivity contribution is 0.408. The number of hydrogen-bond donors (Lipinski definition) is 0. The smallest absolute Gasteiger partial charge is 0.273 e. The topological polar surface area (TPSA) is 61.4 Å². The molecule has 0 saturated heterocycles. The van der Waals surface area contributed by atoms with Crippen LogP contribution < -0.4 is 10.3 Å². The maximum Gasteiger partial charge on any atom is 0.273 e. The third-order valence-electron chi connectivity index (χ3n) is 4.91. The number of thiophene rings is 1. The molecule has 5 rings (SSSR count). The fraction of sp³-hybridized carbons (Fsp3) is 0.136. The number of methoxy groups -OCH3 is 1. The van der Waals surface area contributed by atoms with Gasteiger partial charge >= 0.3 is 0 Å². The molecule has 0 unspecified atom stereocenters. The van der Waals surface area contributed by atoms with Gasteiger partial charge in [-0.25, -0.2) is 0 Å². The zero-order valence-electron chi connectivity index (χ0n) is 16.2. The molecule has 8 heteroatoms. The molecule has 3 aromatic heterocycles. The van der Waals surface area contributed by atoms with Gasteiger partial charge in [0.05, 0.1) is 19.2 Å². The van der Waals surface area contributed by atoms with Gasteiger partial charge in [-0.1, -0.05) is 60.3 Å². The van der Waals surface area contributed by atoms with Crippen molar-refractivity contribution in [2.45, 2.75) is 17.5 Å². The highest BCUT2D eigenvalue weighted by atomic mass is 32.2. The molecule has 5 aromatic rings. The van der Waals surface area contributed by atoms with Crippen LogP contribution in [0.15, 0.2) is 76.0 Å². The van der Waals surface area contributed by atoms with Crippen molar-refractivity contribution in [2.75, 3.05) is 7.11 Å². The number of aromatic nitrogens is 4. The molecule has 0 aliphatic rings. The van der Waals surface area contributed by atoms with Crippen LogP contribution in [-0.2, 0) is 12.3 Å². The summed E-state index contributed by atoms with van der Waals surface area (Å²) in [4.78, 5) is 13.2. The van der Waals surface area contributed by atoms with Gasteiger partial charge in [0.25, 0.3) is 5.56 Å². The molecule has 0 spiro atoms. The van der Waals surface area contributed by atoms with Crippen LogP contribution in [0.1, 0.15) is 11.1 Å². The summed E-state index contributed by atoms with van der Waals surface area (Å²) >= 11 is 3.05. The molecule has 0 atom stereocenters. The molecule has 0 amide bonds. The van der Waals surface area contributed by atoms with Crippen LogP contribution in [0.3, 0.4) is 0 Å². The quantitative estimate of drug-likeness (QED) is 0.370. The Balaban J connectivity index is 1.63. The van der Waals surface area contributed by atoms with Gasteiger partial charge in [0.2, 0.25) is 5.78 Å². The number of para-hydroxylation sites is 1. The van der Waals surface area contributed by atoms with Crippen molar-refractivity contribution in [3.63, 3.8) is 0 Å². The highest BCUT2D eigenvalue weighted by molar-refractivity contribution is 7.98. The maximum absolute atomic E-state index is 13.2. The second kappa shape index (κ2) is 7.97. The first kappa shape index (κ1) is 18.9. The Morgan fingerprint density at radius 2 is 1.83 bits per heavy atom. The number of benzene rings is 2. The van der Waals surface area contributed by atoms with Gasteiger partial charge < -0.3 is 4.74 Å². The summed E-state index contributed by atoms with van der Waals surface area (Å²) < 4.78 is 9.83. The van der Waals surface area contributed by atoms with Crippen molar-refractivity contribution >= 4 is 39.1 Å². The first-order valence-corrected chi connectivity index (χ1v) is 11.3. The summed E-state index contributed by atoms with van der Waals surface area (Å²) in [6, 6.07) is 19.9. The molecule has 150 valence electrons. The number of ether oxygens (including phenoxy) is 1. The van der Waals surface area contributed by atoms with Gasteiger partial charge in [0.15, 0.2) is 5.16 Å². The van der Waals surface area contributed by atoms with E-state index in [1.165, 1.54) is 16.9 Å². The first-order chi connectivity index (χ1) is 14.8. The van der Waals surface area contributed by atoms with Crippen LogP contribution in [0.2, 0.25) is 0 Å². The molecule has 0 aliphatic carbocycles. The molecule has 0 N–H and O–H groups in total. The largest absolute Gasteiger partial charge is 0.496 e. The Morgan fingerprint density at radius 1 is 1.03 bits per heavy atom. The number of rotatable bonds is 6. The normalized spacial score (nSPS) is 11.4. The second-order valence-corrected chi connectivity index (χ2v) is 8.59. The van der Waals surface area contributed by atoms with Crippen molar-refractivity contribution in [2.24, 2.45) is 0 Å². The Kier molecular flexibility index (Phi) is 5.02. The van der Waals surface area contributed by atoms with E-state index in [1.807, 2.05) is 58.3 Å². The summed E-state index contributed by atoms with van der Waals surface area (Å²) in [6.07, 6.45) is 0. The van der Waals surface area contributed by atoms with Gasteiger partial charge in [-0.15, -0.1) is 21.5 Å². The van der Waals surface area contributed by atoms with E-state index in [-0.39, 0.29) is 5.56 Å². The predicted octanol–water partition coefficient (Wildman–Crippen LogP) is 4.45. The summed E-state index contributed by atoms with van der Waals surface area (Å²) in [5, 5.41) is 11.5. The fourth-order valence-corrected chi connectivity index (χ4v) is 5.18. The monoisotopic (exact) mass is 434 g/mol. The van der Waals surface area contributed by atoms with Crippen molar-refractivity contribution in [1.82, 2.24) is 19.2 Å². The lowest BCUT2D eigenvalue weighted by atomic mass is 10.2. The molecule has 0 aliphatic heterocycles. The van der Waals surface area contributed by atoms with Crippen LogP contribution in [0, 0.1) is 0 Å². The van der Waals surface area contributed by atoms with Crippen LogP contribution in [0.5, 0.6) is 5.75 Å². The van der Waals surface area contributed by atoms with E-state index in [0.717, 1.165) is 27.7 Å². The number of thioether (sulfide) groups is 1. The zero-order valence-corrected chi connectivity index (χ0v) is 17.8. The number of fused-ring (bicyclic) bond motifs is 3. The first-order valence-electron chi connectivity index (χ1n) is 9.40. The van der Waals surface area contributed by atoms with E-state index in [0.29, 0.717) is 17.0 Å². The average Bonchev–Trinajstić information content (AvgIpc) is 3.43. The van der Waals surface area contributed by atoms with Gasteiger partial charge in [0.1, 0.15) is 10.4 Å². The van der Waals surface area contributed by atoms with Crippen LogP contribution in [-0.4, -0.2) is 26.3 Å². The standard InChI is InChI=1S/C22H18N4O2S2/c1-28-18-10-6-5-9-16(18)13-25-20(27)19-17(11-12-29-19)26-21(25)23-24-22(26)30-14-15-7-3-2-4-8-15/h2-12H,13-14H2,1H3. The van der Waals surface area contributed by atoms with Crippen LogP contribution >= 0.6 is 23.1 Å². The molecule has 0 fully saturated rings. The summed E-state index contributed by atoms with van der Waals surface area (Å²) in [5.41, 5.74) is 2.91. The maximum atomic E-state index is 13.2. The summed E-state index contributed by atoms with van der Waals surface area (Å²) in [5.74, 6) is 2.05. The van der Waals surface area contributed by atoms with Crippen molar-refractivity contribution in [3.8, 4) is 5.75 Å². The molecule has 30 heavy (non-hydrogen) atoms. The molecule has 2 aromatic carbocycles. The summed E-state index contributed by atoms with van der Waals surface area (Å²) in [6.45, 7) is 0.363. The van der Waals surface area contributed by atoms with E-state index in [1.54, 1.807) is 23.4 Å². The second-order valence-electron chi connectivity index (χ2n) is 6.73. The molecule has 0 saturated carbocycles. The predicted molar refractivity (Wildman–Crippen MR) is 121 cm³/mol. The lowest BCUT2D eigenvalue weighted by Gasteiger charge is -2.12. The zero-order chi connectivity index (χ0) is 20.5. The van der Waals surface area contributed by atoms with Crippen molar-refractivity contribution in [1.29, 1.82) is 0 Å². The minimum absolute atomic E-state index is 0.0644. The molecular weight excluding hydrogens is 416 g/mol. The fourth-order valence-electron chi connectivity index (χ4n) is 3.46. The van der Waals surface area contributed by atoms with E-state index < -0.39 is 0 Å². The Hall–Kier alpha value is -3.10. The third-order valence-corrected chi connectivity index (χ3v) is 6.81. The SMILES string of the molecule is COc1ccccc1Cn1c(=O)c2sccc2n2c(SCc3ccccc3)nnc12. The molecule has 0 bridgehead atoms. The third kappa shape index (κ3) is 3.28. The molecule has 6 nitrogen and oxygen atoms in total. The Bertz CT molecular complexity index is 1390. The van der Waals surface area contributed by atoms with Gasteiger partial charge in [-0.3, -0.25) is 13.8 Å². The van der Waals surface area contributed by atoms with Gasteiger partial charge in [-0.2, -0.15) is 0 Å². The van der Waals surface area contributed by atoms with E-state index >= 15 is 0 Å². The summed E-state index contributed by atoms with van der Waals surface area (Å²) in [7, 11) is 1.63. The molecular formula is C22H18N4O2S2. The van der Waals surface area contributed by atoms with E-state index in [9.17, 15) is 4.79 Å². The average molecular weight is 435 g/mol. The van der Waals surface area contributed by atoms with E-state index in [2.05, 4.69) is 22.3 Å². The minimum Gasteiger partial charge on any atom is -0.496 e. The van der Waals surface area contributed by atoms with E-state index in [4.69, 9.17) is 4.74 Å². The lowest BCUT2D eigenvalue weighted by Crippen LogP contribution is -2.23. The van der Waals surface area contributed by atoms with Gasteiger partial charge in [-0.05, 0) is 23.1 Å². The Morgan fingerprint density at radius 3 is 2.67 bits per heavy atom. The van der Waals surface area contributed by atoms with Crippen molar-refractivity contribution in [3.05, 3.63) is 87.5 Å². The van der Waals surface area contributed by atoms with Crippen molar-refractivity contribution < 1.29 is 4.74 Å². The highest BCUT2D eigenvalue weighted by Gasteiger charge is 2.19. The Labute approximate surface area is 180 Å². The molecule has 3 heterocycles. The van der Waals surface area contributed by atoms with Crippen LogP contribution in [0.25, 0.3) is 16.0 Å². The number of hydrogen-bond acceptors (Lipinski definition) is 6. The minimum atomic E-state index is -0.0644.